The molecule has 4 aromatic carbocycles. The molecule has 0 spiro atoms. The molecule has 1 aromatic heterocycles. The van der Waals surface area contributed by atoms with Crippen LogP contribution in [0.3, 0.4) is 0 Å². The van der Waals surface area contributed by atoms with Crippen molar-refractivity contribution in [1.82, 2.24) is 20.2 Å². The topological polar surface area (TPSA) is 72.2 Å². The molecule has 35 heavy (non-hydrogen) atoms. The molecule has 1 heterocycles. The van der Waals surface area contributed by atoms with Crippen molar-refractivity contribution in [1.29, 1.82) is 0 Å². The van der Waals surface area contributed by atoms with Crippen LogP contribution in [0.15, 0.2) is 112 Å². The van der Waals surface area contributed by atoms with E-state index in [1.807, 2.05) is 102 Å². The average Bonchev–Trinajstić information content (AvgIpc) is 3.32. The highest BCUT2D eigenvalue weighted by Gasteiger charge is 2.17. The third-order valence-corrected chi connectivity index (χ3v) is 6.76. The summed E-state index contributed by atoms with van der Waals surface area (Å²) in [4.78, 5) is 12.5. The average molecular weight is 542 g/mol. The van der Waals surface area contributed by atoms with Crippen LogP contribution < -0.4 is 5.43 Å². The van der Waals surface area contributed by atoms with E-state index in [9.17, 15) is 4.79 Å². The first-order chi connectivity index (χ1) is 17.2. The van der Waals surface area contributed by atoms with Gasteiger partial charge in [-0.1, -0.05) is 100 Å². The predicted molar refractivity (Wildman–Crippen MR) is 145 cm³/mol. The summed E-state index contributed by atoms with van der Waals surface area (Å²) in [7, 11) is 0. The Bertz CT molecular complexity index is 1490. The molecule has 0 saturated heterocycles. The van der Waals surface area contributed by atoms with Gasteiger partial charge in [-0.3, -0.25) is 9.36 Å². The smallest absolute Gasteiger partial charge is 0.250 e. The van der Waals surface area contributed by atoms with Gasteiger partial charge in [0, 0.05) is 21.3 Å². The fraction of sp³-hybridized carbons (Fsp3) is 0.0370. The quantitative estimate of drug-likeness (QED) is 0.154. The minimum atomic E-state index is -0.223. The zero-order valence-electron chi connectivity index (χ0n) is 18.5. The number of fused-ring (bicyclic) bond motifs is 1. The lowest BCUT2D eigenvalue weighted by Crippen LogP contribution is -2.20. The number of rotatable bonds is 7. The molecule has 6 nitrogen and oxygen atoms in total. The molecule has 0 aliphatic heterocycles. The van der Waals surface area contributed by atoms with Gasteiger partial charge in [0.05, 0.1) is 12.0 Å². The molecule has 0 fully saturated rings. The summed E-state index contributed by atoms with van der Waals surface area (Å²) in [6, 6.07) is 31.8. The third kappa shape index (κ3) is 5.34. The fourth-order valence-corrected chi connectivity index (χ4v) is 4.67. The first-order valence-electron chi connectivity index (χ1n) is 10.9. The first kappa shape index (κ1) is 23.0. The van der Waals surface area contributed by atoms with Crippen molar-refractivity contribution >= 4 is 50.6 Å². The van der Waals surface area contributed by atoms with Gasteiger partial charge >= 0.3 is 0 Å². The number of carbonyl (C=O) groups is 1. The standard InChI is InChI=1S/C27H20BrN5OS/c28-22-15-13-20(14-16-22)26-31-32-27(33(26)23-10-2-1-3-11-23)35-18-25(34)30-29-17-21-9-6-8-19-7-4-5-12-24(19)21/h1-17H,18H2,(H,30,34). The molecule has 172 valence electrons. The van der Waals surface area contributed by atoms with Crippen molar-refractivity contribution in [2.45, 2.75) is 5.16 Å². The van der Waals surface area contributed by atoms with Gasteiger partial charge in [-0.05, 0) is 35.0 Å². The summed E-state index contributed by atoms with van der Waals surface area (Å²) in [6.07, 6.45) is 1.67. The summed E-state index contributed by atoms with van der Waals surface area (Å²) in [6.45, 7) is 0. The van der Waals surface area contributed by atoms with Gasteiger partial charge in [0.1, 0.15) is 0 Å². The number of hydrogen-bond donors (Lipinski definition) is 1. The lowest BCUT2D eigenvalue weighted by molar-refractivity contribution is -0.118. The van der Waals surface area contributed by atoms with Crippen molar-refractivity contribution in [2.24, 2.45) is 5.10 Å². The van der Waals surface area contributed by atoms with Crippen LogP contribution in [0.2, 0.25) is 0 Å². The lowest BCUT2D eigenvalue weighted by Gasteiger charge is -2.10. The van der Waals surface area contributed by atoms with E-state index >= 15 is 0 Å². The normalized spacial score (nSPS) is 11.2. The van der Waals surface area contributed by atoms with E-state index in [0.717, 1.165) is 32.1 Å². The molecule has 1 amide bonds. The van der Waals surface area contributed by atoms with E-state index < -0.39 is 0 Å². The highest BCUT2D eigenvalue weighted by Crippen LogP contribution is 2.28. The van der Waals surface area contributed by atoms with Gasteiger partial charge in [0.25, 0.3) is 5.91 Å². The maximum Gasteiger partial charge on any atom is 0.250 e. The van der Waals surface area contributed by atoms with Crippen molar-refractivity contribution < 1.29 is 4.79 Å². The molecule has 0 aliphatic carbocycles. The summed E-state index contributed by atoms with van der Waals surface area (Å²) >= 11 is 4.78. The molecule has 5 aromatic rings. The largest absolute Gasteiger partial charge is 0.272 e. The van der Waals surface area contributed by atoms with E-state index in [1.54, 1.807) is 6.21 Å². The second-order valence-corrected chi connectivity index (χ2v) is 9.49. The summed E-state index contributed by atoms with van der Waals surface area (Å²) < 4.78 is 2.95. The Morgan fingerprint density at radius 1 is 0.914 bits per heavy atom. The number of amides is 1. The van der Waals surface area contributed by atoms with Crippen LogP contribution >= 0.6 is 27.7 Å². The number of hydrazone groups is 1. The van der Waals surface area contributed by atoms with Gasteiger partial charge in [-0.2, -0.15) is 5.10 Å². The first-order valence-corrected chi connectivity index (χ1v) is 12.7. The highest BCUT2D eigenvalue weighted by molar-refractivity contribution is 9.10. The molecular weight excluding hydrogens is 522 g/mol. The monoisotopic (exact) mass is 541 g/mol. The maximum absolute atomic E-state index is 12.5. The van der Waals surface area contributed by atoms with Crippen LogP contribution in [0.1, 0.15) is 5.56 Å². The van der Waals surface area contributed by atoms with Gasteiger partial charge in [-0.25, -0.2) is 5.43 Å². The minimum Gasteiger partial charge on any atom is -0.272 e. The SMILES string of the molecule is O=C(CSc1nnc(-c2ccc(Br)cc2)n1-c1ccccc1)NN=Cc1cccc2ccccc12. The van der Waals surface area contributed by atoms with Gasteiger partial charge in [0.15, 0.2) is 11.0 Å². The van der Waals surface area contributed by atoms with E-state index in [2.05, 4.69) is 36.7 Å². The summed E-state index contributed by atoms with van der Waals surface area (Å²) in [5, 5.41) is 15.8. The number of aromatic nitrogens is 3. The fourth-order valence-electron chi connectivity index (χ4n) is 3.66. The second kappa shape index (κ2) is 10.7. The molecule has 5 rings (SSSR count). The molecule has 0 aliphatic rings. The Morgan fingerprint density at radius 2 is 1.66 bits per heavy atom. The number of benzene rings is 4. The summed E-state index contributed by atoms with van der Waals surface area (Å²) in [5.41, 5.74) is 5.42. The van der Waals surface area contributed by atoms with Crippen molar-refractivity contribution in [2.75, 3.05) is 5.75 Å². The van der Waals surface area contributed by atoms with Crippen LogP contribution in [0.25, 0.3) is 27.8 Å². The Hall–Kier alpha value is -3.75. The molecule has 0 unspecified atom stereocenters. The molecule has 1 N–H and O–H groups in total. The molecule has 0 saturated carbocycles. The predicted octanol–water partition coefficient (Wildman–Crippen LogP) is 6.09. The number of para-hydroxylation sites is 1. The van der Waals surface area contributed by atoms with E-state index in [1.165, 1.54) is 11.8 Å². The Kier molecular flexibility index (Phi) is 7.02. The van der Waals surface area contributed by atoms with E-state index in [0.29, 0.717) is 11.0 Å². The van der Waals surface area contributed by atoms with Gasteiger partial charge < -0.3 is 0 Å². The van der Waals surface area contributed by atoms with Crippen LogP contribution in [-0.2, 0) is 4.79 Å². The van der Waals surface area contributed by atoms with Crippen LogP contribution in [-0.4, -0.2) is 32.6 Å². The second-order valence-electron chi connectivity index (χ2n) is 7.63. The minimum absolute atomic E-state index is 0.151. The molecule has 0 atom stereocenters. The zero-order valence-corrected chi connectivity index (χ0v) is 20.9. The maximum atomic E-state index is 12.5. The molecule has 0 bridgehead atoms. The third-order valence-electron chi connectivity index (χ3n) is 5.30. The summed E-state index contributed by atoms with van der Waals surface area (Å²) in [5.74, 6) is 0.637. The number of nitrogens with zero attached hydrogens (tertiary/aromatic N) is 4. The lowest BCUT2D eigenvalue weighted by atomic mass is 10.1. The molecule has 8 heteroatoms. The van der Waals surface area contributed by atoms with Crippen molar-refractivity contribution in [3.63, 3.8) is 0 Å². The Morgan fingerprint density at radius 3 is 2.49 bits per heavy atom. The Labute approximate surface area is 215 Å². The van der Waals surface area contributed by atoms with Crippen molar-refractivity contribution in [3.05, 3.63) is 107 Å². The number of carbonyl (C=O) groups excluding carboxylic acids is 1. The number of halogens is 1. The Balaban J connectivity index is 1.31. The van der Waals surface area contributed by atoms with Gasteiger partial charge in [0.2, 0.25) is 0 Å². The number of nitrogens with one attached hydrogen (secondary N) is 1. The van der Waals surface area contributed by atoms with Crippen LogP contribution in [0.4, 0.5) is 0 Å². The highest BCUT2D eigenvalue weighted by atomic mass is 79.9. The molecular formula is C27H20BrN5OS. The van der Waals surface area contributed by atoms with Gasteiger partial charge in [-0.15, -0.1) is 10.2 Å². The van der Waals surface area contributed by atoms with Crippen molar-refractivity contribution in [3.8, 4) is 17.1 Å². The van der Waals surface area contributed by atoms with Crippen LogP contribution in [0, 0.1) is 0 Å². The number of thioether (sulfide) groups is 1. The van der Waals surface area contributed by atoms with Crippen LogP contribution in [0.5, 0.6) is 0 Å². The number of hydrogen-bond acceptors (Lipinski definition) is 5. The molecule has 0 radical (unpaired) electrons. The van der Waals surface area contributed by atoms with E-state index in [-0.39, 0.29) is 11.7 Å². The zero-order chi connectivity index (χ0) is 24.0. The van der Waals surface area contributed by atoms with E-state index in [4.69, 9.17) is 0 Å².